The molecule has 3 nitrogen and oxygen atoms in total. The number of hydrogen-bond donors (Lipinski definition) is 3. The van der Waals surface area contributed by atoms with Crippen LogP contribution in [-0.2, 0) is 0 Å². The van der Waals surface area contributed by atoms with Crippen molar-refractivity contribution in [1.29, 1.82) is 0 Å². The Morgan fingerprint density at radius 3 is 1.27 bits per heavy atom. The Hall–Kier alpha value is -0.120. The molecule has 0 saturated heterocycles. The van der Waals surface area contributed by atoms with Gasteiger partial charge in [-0.2, -0.15) is 0 Å². The monoisotopic (exact) mass is 318 g/mol. The van der Waals surface area contributed by atoms with E-state index in [1.54, 1.807) is 0 Å². The van der Waals surface area contributed by atoms with Gasteiger partial charge in [0.15, 0.2) is 0 Å². The van der Waals surface area contributed by atoms with E-state index in [0.717, 1.165) is 5.92 Å². The van der Waals surface area contributed by atoms with E-state index in [0.29, 0.717) is 0 Å². The molecule has 0 spiro atoms. The van der Waals surface area contributed by atoms with Crippen molar-refractivity contribution in [3.05, 3.63) is 0 Å². The van der Waals surface area contributed by atoms with Crippen molar-refractivity contribution in [2.24, 2.45) is 5.92 Å². The minimum atomic E-state index is -0.954. The number of aliphatic hydroxyl groups excluding tert-OH is 3. The van der Waals surface area contributed by atoms with Crippen LogP contribution >= 0.6 is 0 Å². The summed E-state index contributed by atoms with van der Waals surface area (Å²) in [5.74, 6) is 0.901. The van der Waals surface area contributed by atoms with E-state index in [1.807, 2.05) is 0 Å². The van der Waals surface area contributed by atoms with Crippen LogP contribution in [0.4, 0.5) is 0 Å². The Morgan fingerprint density at radius 2 is 1.00 bits per heavy atom. The summed E-state index contributed by atoms with van der Waals surface area (Å²) in [6.07, 6.45) is 16.5. The van der Waals surface area contributed by atoms with Gasteiger partial charge in [-0.25, -0.2) is 0 Å². The van der Waals surface area contributed by atoms with Crippen molar-refractivity contribution in [1.82, 2.24) is 0 Å². The molecule has 22 heavy (non-hydrogen) atoms. The van der Waals surface area contributed by atoms with Crippen LogP contribution in [0.3, 0.4) is 0 Å². The summed E-state index contributed by atoms with van der Waals surface area (Å²) in [6.45, 7) is 6.22. The predicted molar refractivity (Wildman–Crippen MR) is 96.1 cm³/mol. The first-order chi connectivity index (χ1) is 10.6. The van der Waals surface area contributed by atoms with Gasteiger partial charge in [0.05, 0.1) is 13.2 Å². The summed E-state index contributed by atoms with van der Waals surface area (Å²) in [5.41, 5.74) is 0. The molecular formula is C19H42O3. The van der Waals surface area contributed by atoms with Gasteiger partial charge in [-0.1, -0.05) is 97.8 Å². The Kier molecular flexibility index (Phi) is 22.9. The lowest BCUT2D eigenvalue weighted by atomic mass is 10.0. The number of hydrogen-bond acceptors (Lipinski definition) is 3. The summed E-state index contributed by atoms with van der Waals surface area (Å²) in [6, 6.07) is 0. The Labute approximate surface area is 139 Å². The highest BCUT2D eigenvalue weighted by Crippen LogP contribution is 2.13. The topological polar surface area (TPSA) is 60.7 Å². The first kappa shape index (κ1) is 24.1. The van der Waals surface area contributed by atoms with Gasteiger partial charge in [-0.05, 0) is 5.92 Å². The molecule has 0 aromatic rings. The summed E-state index contributed by atoms with van der Waals surface area (Å²) >= 11 is 0. The van der Waals surface area contributed by atoms with Gasteiger partial charge in [0.25, 0.3) is 0 Å². The molecule has 0 aliphatic heterocycles. The average Bonchev–Trinajstić information content (AvgIpc) is 2.52. The van der Waals surface area contributed by atoms with Crippen LogP contribution in [0.2, 0.25) is 0 Å². The second kappa shape index (κ2) is 20.9. The normalized spacial score (nSPS) is 10.9. The van der Waals surface area contributed by atoms with E-state index in [4.69, 9.17) is 15.3 Å². The van der Waals surface area contributed by atoms with Gasteiger partial charge < -0.3 is 15.3 Å². The molecule has 3 heteroatoms. The Bertz CT molecular complexity index is 180. The molecule has 0 aromatic heterocycles. The predicted octanol–water partition coefficient (Wildman–Crippen LogP) is 4.68. The quantitative estimate of drug-likeness (QED) is 0.408. The molecule has 0 aliphatic rings. The largest absolute Gasteiger partial charge is 0.394 e. The van der Waals surface area contributed by atoms with Crippen molar-refractivity contribution >= 4 is 0 Å². The number of unbranched alkanes of at least 4 members (excludes halogenated alkanes) is 10. The summed E-state index contributed by atoms with van der Waals surface area (Å²) in [7, 11) is 0. The zero-order valence-electron chi connectivity index (χ0n) is 15.4. The molecule has 0 heterocycles. The second-order valence-electron chi connectivity index (χ2n) is 6.74. The van der Waals surface area contributed by atoms with E-state index in [-0.39, 0.29) is 13.2 Å². The summed E-state index contributed by atoms with van der Waals surface area (Å²) in [5, 5.41) is 24.0. The van der Waals surface area contributed by atoms with E-state index in [9.17, 15) is 0 Å². The average molecular weight is 319 g/mol. The molecule has 0 unspecified atom stereocenters. The maximum atomic E-state index is 8.17. The third-order valence-corrected chi connectivity index (χ3v) is 3.81. The second-order valence-corrected chi connectivity index (χ2v) is 6.74. The van der Waals surface area contributed by atoms with E-state index < -0.39 is 6.10 Å². The first-order valence-electron chi connectivity index (χ1n) is 9.48. The lowest BCUT2D eigenvalue weighted by Gasteiger charge is -2.04. The molecule has 0 atom stereocenters. The van der Waals surface area contributed by atoms with Crippen LogP contribution in [0.5, 0.6) is 0 Å². The Morgan fingerprint density at radius 1 is 0.636 bits per heavy atom. The fraction of sp³-hybridized carbons (Fsp3) is 1.00. The molecule has 0 bridgehead atoms. The smallest absolute Gasteiger partial charge is 0.100 e. The highest BCUT2D eigenvalue weighted by molar-refractivity contribution is 4.50. The highest BCUT2D eigenvalue weighted by atomic mass is 16.3. The molecule has 0 saturated carbocycles. The molecule has 0 amide bonds. The van der Waals surface area contributed by atoms with Gasteiger partial charge in [-0.3, -0.25) is 0 Å². The van der Waals surface area contributed by atoms with Crippen LogP contribution < -0.4 is 0 Å². The highest BCUT2D eigenvalue weighted by Gasteiger charge is 1.95. The van der Waals surface area contributed by atoms with Gasteiger partial charge in [-0.15, -0.1) is 0 Å². The lowest BCUT2D eigenvalue weighted by Crippen LogP contribution is -2.15. The van der Waals surface area contributed by atoms with Crippen molar-refractivity contribution in [2.75, 3.05) is 13.2 Å². The van der Waals surface area contributed by atoms with E-state index >= 15 is 0 Å². The number of aliphatic hydroxyl groups is 3. The molecule has 0 fully saturated rings. The molecule has 0 rings (SSSR count). The molecule has 0 aromatic carbocycles. The molecule has 0 aliphatic carbocycles. The van der Waals surface area contributed by atoms with Gasteiger partial charge >= 0.3 is 0 Å². The van der Waals surface area contributed by atoms with Crippen LogP contribution in [0.25, 0.3) is 0 Å². The van der Waals surface area contributed by atoms with E-state index in [1.165, 1.54) is 77.0 Å². The van der Waals surface area contributed by atoms with Gasteiger partial charge in [0.1, 0.15) is 6.10 Å². The third kappa shape index (κ3) is 24.9. The van der Waals surface area contributed by atoms with Crippen molar-refractivity contribution in [3.8, 4) is 0 Å². The third-order valence-electron chi connectivity index (χ3n) is 3.81. The van der Waals surface area contributed by atoms with Crippen molar-refractivity contribution in [2.45, 2.75) is 104 Å². The number of rotatable bonds is 14. The van der Waals surface area contributed by atoms with Crippen molar-refractivity contribution < 1.29 is 15.3 Å². The van der Waals surface area contributed by atoms with Crippen molar-refractivity contribution in [3.63, 3.8) is 0 Å². The zero-order valence-corrected chi connectivity index (χ0v) is 15.4. The molecule has 3 N–H and O–H groups in total. The summed E-state index contributed by atoms with van der Waals surface area (Å²) in [4.78, 5) is 0. The molecular weight excluding hydrogens is 276 g/mol. The fourth-order valence-corrected chi connectivity index (χ4v) is 2.27. The van der Waals surface area contributed by atoms with Crippen LogP contribution in [0.1, 0.15) is 97.8 Å². The van der Waals surface area contributed by atoms with Crippen LogP contribution in [0.15, 0.2) is 0 Å². The van der Waals surface area contributed by atoms with Crippen LogP contribution in [-0.4, -0.2) is 34.6 Å². The first-order valence-corrected chi connectivity index (χ1v) is 9.48. The Balaban J connectivity index is 0. The van der Waals surface area contributed by atoms with E-state index in [2.05, 4.69) is 20.8 Å². The maximum Gasteiger partial charge on any atom is 0.100 e. The van der Waals surface area contributed by atoms with Gasteiger partial charge in [0, 0.05) is 0 Å². The molecule has 136 valence electrons. The minimum Gasteiger partial charge on any atom is -0.394 e. The maximum absolute atomic E-state index is 8.17. The fourth-order valence-electron chi connectivity index (χ4n) is 2.27. The molecule has 0 radical (unpaired) electrons. The summed E-state index contributed by atoms with van der Waals surface area (Å²) < 4.78 is 0. The minimum absolute atomic E-state index is 0.365. The standard InChI is InChI=1S/C16H34.C3H8O3/c1-4-5-6-7-8-9-10-11-12-13-14-15-16(2)3;4-1-3(6)2-5/h16H,4-15H2,1-3H3;3-6H,1-2H2. The lowest BCUT2D eigenvalue weighted by molar-refractivity contribution is 0.0450. The van der Waals surface area contributed by atoms with Gasteiger partial charge in [0.2, 0.25) is 0 Å². The SMILES string of the molecule is CCCCCCCCCCCCCC(C)C.OCC(O)CO. The zero-order chi connectivity index (χ0) is 17.1. The van der Waals surface area contributed by atoms with Crippen LogP contribution in [0, 0.1) is 5.92 Å².